The molecule has 1 aromatic rings. The van der Waals surface area contributed by atoms with Crippen LogP contribution in [0.3, 0.4) is 0 Å². The molecule has 0 bridgehead atoms. The number of hydrogen-bond acceptors (Lipinski definition) is 8. The smallest absolute Gasteiger partial charge is 0.338 e. The maximum absolute atomic E-state index is 12.1. The van der Waals surface area contributed by atoms with Crippen molar-refractivity contribution in [3.8, 4) is 0 Å². The van der Waals surface area contributed by atoms with Crippen LogP contribution < -0.4 is 0 Å². The standard InChI is InChI=1S/C17H19N3O7/c1-9(21)25-14-12(19-20-18)13-11(26-15(14)16(22)23-2)8-24-17(27-13)10-6-4-3-5-7-10/h3-7,11-15,17H,8H2,1-2H3. The summed E-state index contributed by atoms with van der Waals surface area (Å²) in [6.07, 6.45) is -4.61. The van der Waals surface area contributed by atoms with Crippen molar-refractivity contribution in [1.82, 2.24) is 0 Å². The Hall–Kier alpha value is -2.65. The predicted molar refractivity (Wildman–Crippen MR) is 89.2 cm³/mol. The minimum absolute atomic E-state index is 0.0992. The highest BCUT2D eigenvalue weighted by atomic mass is 16.7. The van der Waals surface area contributed by atoms with Gasteiger partial charge in [0.2, 0.25) is 0 Å². The molecule has 2 aliphatic rings. The first-order valence-electron chi connectivity index (χ1n) is 8.32. The number of azide groups is 1. The van der Waals surface area contributed by atoms with Crippen LogP contribution in [0.5, 0.6) is 0 Å². The number of ether oxygens (including phenoxy) is 5. The largest absolute Gasteiger partial charge is 0.467 e. The minimum atomic E-state index is -1.25. The number of benzene rings is 1. The zero-order chi connectivity index (χ0) is 19.4. The molecule has 2 aliphatic heterocycles. The first-order valence-corrected chi connectivity index (χ1v) is 8.32. The molecule has 0 aromatic heterocycles. The maximum atomic E-state index is 12.1. The van der Waals surface area contributed by atoms with Gasteiger partial charge in [-0.25, -0.2) is 4.79 Å². The van der Waals surface area contributed by atoms with Gasteiger partial charge in [-0.2, -0.15) is 0 Å². The van der Waals surface area contributed by atoms with Gasteiger partial charge in [0.25, 0.3) is 0 Å². The lowest BCUT2D eigenvalue weighted by atomic mass is 9.92. The summed E-state index contributed by atoms with van der Waals surface area (Å²) in [5.41, 5.74) is 9.77. The van der Waals surface area contributed by atoms with Gasteiger partial charge in [0.05, 0.1) is 13.7 Å². The number of rotatable bonds is 4. The van der Waals surface area contributed by atoms with E-state index in [0.717, 1.165) is 5.56 Å². The molecule has 0 spiro atoms. The van der Waals surface area contributed by atoms with Crippen molar-refractivity contribution in [2.24, 2.45) is 5.11 Å². The SMILES string of the molecule is COC(=O)C1OC2COC(c3ccccc3)OC2C(N=[N+]=[N-])C1OC(C)=O. The number of carbonyl (C=O) groups is 2. The molecular weight excluding hydrogens is 358 g/mol. The van der Waals surface area contributed by atoms with Crippen LogP contribution in [0.25, 0.3) is 10.4 Å². The van der Waals surface area contributed by atoms with E-state index in [2.05, 4.69) is 10.0 Å². The van der Waals surface area contributed by atoms with E-state index in [0.29, 0.717) is 0 Å². The number of fused-ring (bicyclic) bond motifs is 1. The molecule has 1 aromatic carbocycles. The Kier molecular flexibility index (Phi) is 5.92. The third kappa shape index (κ3) is 4.04. The van der Waals surface area contributed by atoms with Gasteiger partial charge in [-0.05, 0) is 5.53 Å². The van der Waals surface area contributed by atoms with Crippen LogP contribution in [-0.4, -0.2) is 56.1 Å². The fourth-order valence-electron chi connectivity index (χ4n) is 3.20. The van der Waals surface area contributed by atoms with Crippen molar-refractivity contribution < 1.29 is 33.3 Å². The Morgan fingerprint density at radius 2 is 2.00 bits per heavy atom. The van der Waals surface area contributed by atoms with Crippen LogP contribution in [0.1, 0.15) is 18.8 Å². The zero-order valence-electron chi connectivity index (χ0n) is 14.8. The molecule has 10 heteroatoms. The van der Waals surface area contributed by atoms with Crippen molar-refractivity contribution in [3.63, 3.8) is 0 Å². The average molecular weight is 377 g/mol. The van der Waals surface area contributed by atoms with E-state index >= 15 is 0 Å². The van der Waals surface area contributed by atoms with Crippen LogP contribution in [-0.2, 0) is 33.3 Å². The highest BCUT2D eigenvalue weighted by molar-refractivity contribution is 5.76. The van der Waals surface area contributed by atoms with E-state index in [1.165, 1.54) is 14.0 Å². The van der Waals surface area contributed by atoms with E-state index in [9.17, 15) is 9.59 Å². The summed E-state index contributed by atoms with van der Waals surface area (Å²) in [5.74, 6) is -1.40. The number of methoxy groups -OCH3 is 1. The van der Waals surface area contributed by atoms with Gasteiger partial charge < -0.3 is 23.7 Å². The van der Waals surface area contributed by atoms with Crippen molar-refractivity contribution in [2.45, 2.75) is 43.7 Å². The molecule has 6 unspecified atom stereocenters. The molecule has 144 valence electrons. The zero-order valence-corrected chi connectivity index (χ0v) is 14.8. The van der Waals surface area contributed by atoms with Gasteiger partial charge in [-0.15, -0.1) is 0 Å². The maximum Gasteiger partial charge on any atom is 0.338 e. The molecule has 10 nitrogen and oxygen atoms in total. The Labute approximate surface area is 154 Å². The number of nitrogens with zero attached hydrogens (tertiary/aromatic N) is 3. The molecule has 2 fully saturated rings. The molecule has 27 heavy (non-hydrogen) atoms. The van der Waals surface area contributed by atoms with Crippen LogP contribution >= 0.6 is 0 Å². The summed E-state index contributed by atoms with van der Waals surface area (Å²) >= 11 is 0. The Morgan fingerprint density at radius 1 is 1.26 bits per heavy atom. The predicted octanol–water partition coefficient (Wildman–Crippen LogP) is 1.65. The average Bonchev–Trinajstić information content (AvgIpc) is 2.69. The number of carbonyl (C=O) groups excluding carboxylic acids is 2. The second-order valence-corrected chi connectivity index (χ2v) is 6.06. The van der Waals surface area contributed by atoms with Gasteiger partial charge >= 0.3 is 11.9 Å². The van der Waals surface area contributed by atoms with Crippen molar-refractivity contribution >= 4 is 11.9 Å². The molecule has 0 amide bonds. The van der Waals surface area contributed by atoms with Crippen molar-refractivity contribution in [1.29, 1.82) is 0 Å². The first kappa shape index (κ1) is 19.1. The van der Waals surface area contributed by atoms with E-state index in [-0.39, 0.29) is 6.61 Å². The number of hydrogen-bond donors (Lipinski definition) is 0. The molecule has 0 radical (unpaired) electrons. The normalized spacial score (nSPS) is 32.5. The van der Waals surface area contributed by atoms with Crippen molar-refractivity contribution in [2.75, 3.05) is 13.7 Å². The lowest BCUT2D eigenvalue weighted by molar-refractivity contribution is -0.306. The summed E-state index contributed by atoms with van der Waals surface area (Å²) < 4.78 is 27.3. The third-order valence-electron chi connectivity index (χ3n) is 4.34. The van der Waals surface area contributed by atoms with Crippen LogP contribution in [0.15, 0.2) is 35.4 Å². The van der Waals surface area contributed by atoms with Crippen LogP contribution in [0.2, 0.25) is 0 Å². The summed E-state index contributed by atoms with van der Waals surface area (Å²) in [6.45, 7) is 1.28. The Morgan fingerprint density at radius 3 is 2.63 bits per heavy atom. The topological polar surface area (TPSA) is 129 Å². The van der Waals surface area contributed by atoms with E-state index < -0.39 is 48.7 Å². The van der Waals surface area contributed by atoms with Gasteiger partial charge in [0.1, 0.15) is 24.4 Å². The quantitative estimate of drug-likeness (QED) is 0.337. The minimum Gasteiger partial charge on any atom is -0.467 e. The van der Waals surface area contributed by atoms with E-state index in [1.807, 2.05) is 30.3 Å². The second-order valence-electron chi connectivity index (χ2n) is 6.06. The van der Waals surface area contributed by atoms with E-state index in [1.54, 1.807) is 0 Å². The third-order valence-corrected chi connectivity index (χ3v) is 4.34. The van der Waals surface area contributed by atoms with Crippen LogP contribution in [0.4, 0.5) is 0 Å². The Bertz CT molecular complexity index is 737. The van der Waals surface area contributed by atoms with Gasteiger partial charge in [-0.1, -0.05) is 35.4 Å². The van der Waals surface area contributed by atoms with E-state index in [4.69, 9.17) is 29.2 Å². The molecule has 3 rings (SSSR count). The lowest BCUT2D eigenvalue weighted by Crippen LogP contribution is -2.63. The summed E-state index contributed by atoms with van der Waals surface area (Å²) in [7, 11) is 1.19. The van der Waals surface area contributed by atoms with Gasteiger partial charge in [-0.3, -0.25) is 4.79 Å². The molecule has 0 N–H and O–H groups in total. The van der Waals surface area contributed by atoms with Gasteiger partial charge in [0.15, 0.2) is 12.4 Å². The molecule has 6 atom stereocenters. The highest BCUT2D eigenvalue weighted by Crippen LogP contribution is 2.36. The molecule has 0 saturated carbocycles. The van der Waals surface area contributed by atoms with Gasteiger partial charge in [0, 0.05) is 17.4 Å². The molecule has 2 saturated heterocycles. The first-order chi connectivity index (χ1) is 13.0. The van der Waals surface area contributed by atoms with Crippen molar-refractivity contribution in [3.05, 3.63) is 46.3 Å². The second kappa shape index (κ2) is 8.36. The molecular formula is C17H19N3O7. The highest BCUT2D eigenvalue weighted by Gasteiger charge is 2.53. The van der Waals surface area contributed by atoms with Crippen LogP contribution in [0, 0.1) is 0 Å². The Balaban J connectivity index is 1.90. The summed E-state index contributed by atoms with van der Waals surface area (Å²) in [6, 6.07) is 8.21. The lowest BCUT2D eigenvalue weighted by Gasteiger charge is -2.46. The molecule has 2 heterocycles. The fraction of sp³-hybridized carbons (Fsp3) is 0.529. The fourth-order valence-corrected chi connectivity index (χ4v) is 3.20. The monoisotopic (exact) mass is 377 g/mol. The molecule has 0 aliphatic carbocycles. The summed E-state index contributed by atoms with van der Waals surface area (Å²) in [5, 5.41) is 3.73. The summed E-state index contributed by atoms with van der Waals surface area (Å²) in [4.78, 5) is 26.5. The number of esters is 2.